The molecule has 3 N–H and O–H groups in total. The van der Waals surface area contributed by atoms with Gasteiger partial charge in [-0.3, -0.25) is 16.9 Å². The molecule has 7 aromatic carbocycles. The Morgan fingerprint density at radius 1 is 0.646 bits per heavy atom. The van der Waals surface area contributed by atoms with E-state index in [0.29, 0.717) is 5.56 Å². The van der Waals surface area contributed by atoms with Crippen molar-refractivity contribution in [3.8, 4) is 17.3 Å². The number of carbonyl (C=O) groups is 1. The van der Waals surface area contributed by atoms with E-state index in [0.717, 1.165) is 52.4 Å². The zero-order valence-electron chi connectivity index (χ0n) is 43.0. The summed E-state index contributed by atoms with van der Waals surface area (Å²) in [6, 6.07) is 42.7. The minimum Gasteiger partial charge on any atom is -0.745 e. The van der Waals surface area contributed by atoms with Crippen LogP contribution in [0.25, 0.3) is 32.8 Å². The smallest absolute Gasteiger partial charge is 0.745 e. The average Bonchev–Trinajstić information content (AvgIpc) is 3.78. The molecule has 364 valence electrons. The maximum Gasteiger partial charge on any atom is 1.00 e. The molecule has 9 aromatic rings. The van der Waals surface area contributed by atoms with Gasteiger partial charge in [-0.1, -0.05) is 53.1 Å². The molecule has 0 bridgehead atoms. The number of hydrogen-bond donors (Lipinski definition) is 3. The van der Waals surface area contributed by atoms with Gasteiger partial charge >= 0.3 is 113 Å². The molecular formula is C49H28Li6N10O10S4. The monoisotopic (exact) mass is 1090 g/mol. The van der Waals surface area contributed by atoms with E-state index < -0.39 is 50.9 Å². The van der Waals surface area contributed by atoms with Crippen LogP contribution in [0.15, 0.2) is 169 Å². The van der Waals surface area contributed by atoms with Crippen LogP contribution in [0.4, 0.5) is 50.2 Å². The average molecular weight is 1090 g/mol. The summed E-state index contributed by atoms with van der Waals surface area (Å²) in [5.41, 5.74) is 1.88. The van der Waals surface area contributed by atoms with Crippen molar-refractivity contribution in [3.63, 3.8) is 0 Å². The van der Waals surface area contributed by atoms with E-state index in [1.807, 2.05) is 36.4 Å². The van der Waals surface area contributed by atoms with Gasteiger partial charge in [-0.2, -0.15) is 15.9 Å². The van der Waals surface area contributed by atoms with E-state index in [1.165, 1.54) is 60.7 Å². The Morgan fingerprint density at radius 3 is 1.82 bits per heavy atom. The van der Waals surface area contributed by atoms with E-state index in [2.05, 4.69) is 65.7 Å². The predicted octanol–water partition coefficient (Wildman–Crippen LogP) is -7.60. The second-order valence-corrected chi connectivity index (χ2v) is 20.6. The fourth-order valence-corrected chi connectivity index (χ4v) is 9.58. The second-order valence-electron chi connectivity index (χ2n) is 15.5. The summed E-state index contributed by atoms with van der Waals surface area (Å²) >= 11 is 0.921. The molecule has 0 saturated carbocycles. The number of pyridine rings is 1. The SMILES string of the molecule is Cc1c(C#N)c(Nc2ccc(S(=O)(=O)[O-])cc2)nc(Nc2ccc(S(=O)(=O)[O-])cc2)c1N=Nc1nc(-c2ccc3ccccc3c2)c(N=Nc2cc(S(=O)(=O)[O-])c3cc(NC(=O)c4c[c-]c[c-]c4)c[c-]c3c2)s1.[Li+].[Li+].[Li+].[Li+].[Li+].[Li+]. The number of hydrogen-bond acceptors (Lipinski definition) is 20. The molecule has 0 aliphatic heterocycles. The number of carbonyl (C=O) groups excluding carboxylic acids is 1. The number of anilines is 5. The Hall–Kier alpha value is -5.09. The molecule has 0 aliphatic rings. The van der Waals surface area contributed by atoms with Crippen molar-refractivity contribution in [1.82, 2.24) is 9.97 Å². The van der Waals surface area contributed by atoms with Gasteiger partial charge in [0.1, 0.15) is 53.7 Å². The third kappa shape index (κ3) is 16.3. The molecule has 9 rings (SSSR count). The molecule has 2 aromatic heterocycles. The van der Waals surface area contributed by atoms with Crippen molar-refractivity contribution >= 4 is 119 Å². The Balaban J connectivity index is 0.00000273. The molecule has 0 atom stereocenters. The molecule has 0 spiro atoms. The molecule has 30 heteroatoms. The molecule has 1 amide bonds. The standard InChI is InChI=1S/C49H31N10O10S4.6Li/c1-28-41(27-50)45(51-34-15-19-38(20-16-34)71(61,62)63)55-46(52-35-17-21-39(22-18-35)72(64,65)66)43(28)57-59-49-54-44(33-12-11-29-7-5-6-10-31(29)23-33)48(70-49)58-56-37-24-32-13-14-36(25-40(32)42(26-37)73(67,68)69)53-47(60)30-8-3-2-4-9-30;;;;;;/h2,5-12,14-26H,1H3,(H,53,60)(H2,51,52,55)(H,61,62,63)(H,64,65,66)(H,67,68,69);;;;;;/q-3;6*+1/p-3. The van der Waals surface area contributed by atoms with Crippen LogP contribution in [0, 0.1) is 36.5 Å². The van der Waals surface area contributed by atoms with E-state index >= 15 is 0 Å². The summed E-state index contributed by atoms with van der Waals surface area (Å²) in [7, 11) is -14.7. The summed E-state index contributed by atoms with van der Waals surface area (Å²) < 4.78 is 108. The Kier molecular flexibility index (Phi) is 24.6. The van der Waals surface area contributed by atoms with Crippen LogP contribution >= 0.6 is 11.3 Å². The van der Waals surface area contributed by atoms with Crippen molar-refractivity contribution in [2.24, 2.45) is 20.5 Å². The third-order valence-corrected chi connectivity index (χ3v) is 14.1. The van der Waals surface area contributed by atoms with Gasteiger partial charge in [0.05, 0.1) is 15.4 Å². The summed E-state index contributed by atoms with van der Waals surface area (Å²) in [5, 5.41) is 38.8. The molecule has 2 heterocycles. The van der Waals surface area contributed by atoms with Gasteiger partial charge < -0.3 is 47.8 Å². The number of benzene rings is 7. The molecular weight excluding hydrogens is 1060 g/mol. The first-order chi connectivity index (χ1) is 34.8. The zero-order chi connectivity index (χ0) is 51.7. The number of amides is 1. The van der Waals surface area contributed by atoms with Crippen molar-refractivity contribution in [2.75, 3.05) is 16.0 Å². The first kappa shape index (κ1) is 68.2. The summed E-state index contributed by atoms with van der Waals surface area (Å²) in [4.78, 5) is 20.5. The molecule has 0 aliphatic carbocycles. The van der Waals surface area contributed by atoms with E-state index in [4.69, 9.17) is 4.98 Å². The predicted molar refractivity (Wildman–Crippen MR) is 265 cm³/mol. The topological polar surface area (TPSA) is 324 Å². The summed E-state index contributed by atoms with van der Waals surface area (Å²) in [6.45, 7) is 1.55. The van der Waals surface area contributed by atoms with Crippen LogP contribution in [0.5, 0.6) is 0 Å². The number of fused-ring (bicyclic) bond motifs is 2. The Bertz CT molecular complexity index is 4160. The first-order valence-electron chi connectivity index (χ1n) is 20.9. The van der Waals surface area contributed by atoms with Gasteiger partial charge in [-0.05, 0) is 84.0 Å². The van der Waals surface area contributed by atoms with Crippen LogP contribution in [0.1, 0.15) is 21.5 Å². The fourth-order valence-electron chi connectivity index (χ4n) is 7.20. The van der Waals surface area contributed by atoms with Gasteiger partial charge in [0.25, 0.3) is 0 Å². The molecule has 20 nitrogen and oxygen atoms in total. The van der Waals surface area contributed by atoms with E-state index in [-0.39, 0.29) is 197 Å². The van der Waals surface area contributed by atoms with Crippen LogP contribution in [0.2, 0.25) is 0 Å². The van der Waals surface area contributed by atoms with Crippen LogP contribution < -0.4 is 129 Å². The van der Waals surface area contributed by atoms with E-state index in [9.17, 15) is 49.0 Å². The number of nitriles is 1. The molecule has 0 radical (unpaired) electrons. The Labute approximate surface area is 529 Å². The largest absolute Gasteiger partial charge is 1.00 e. The third-order valence-electron chi connectivity index (χ3n) is 10.7. The van der Waals surface area contributed by atoms with Crippen molar-refractivity contribution in [1.29, 1.82) is 5.26 Å². The first-order valence-corrected chi connectivity index (χ1v) is 25.9. The normalized spacial score (nSPS) is 11.2. The van der Waals surface area contributed by atoms with Gasteiger partial charge in [0.15, 0.2) is 16.6 Å². The summed E-state index contributed by atoms with van der Waals surface area (Å²) in [5.74, 6) is -0.606. The number of thiazole rings is 1. The van der Waals surface area contributed by atoms with Gasteiger partial charge in [-0.25, -0.2) is 35.2 Å². The zero-order valence-corrected chi connectivity index (χ0v) is 46.3. The van der Waals surface area contributed by atoms with Crippen molar-refractivity contribution < 1.29 is 157 Å². The van der Waals surface area contributed by atoms with Crippen LogP contribution in [-0.4, -0.2) is 54.8 Å². The van der Waals surface area contributed by atoms with E-state index in [1.54, 1.807) is 13.0 Å². The number of nitrogens with zero attached hydrogens (tertiary/aromatic N) is 7. The van der Waals surface area contributed by atoms with Gasteiger partial charge in [0, 0.05) is 33.1 Å². The summed E-state index contributed by atoms with van der Waals surface area (Å²) in [6.07, 6.45) is 0. The Morgan fingerprint density at radius 2 is 1.24 bits per heavy atom. The van der Waals surface area contributed by atoms with Crippen LogP contribution in [0.3, 0.4) is 0 Å². The number of aromatic nitrogens is 2. The van der Waals surface area contributed by atoms with Gasteiger partial charge in [-0.15, -0.1) is 45.0 Å². The molecule has 79 heavy (non-hydrogen) atoms. The minimum atomic E-state index is -5.13. The quantitative estimate of drug-likeness (QED) is 0.0394. The number of azo groups is 2. The second kappa shape index (κ2) is 28.6. The van der Waals surface area contributed by atoms with Crippen molar-refractivity contribution in [3.05, 3.63) is 168 Å². The van der Waals surface area contributed by atoms with Crippen molar-refractivity contribution in [2.45, 2.75) is 21.6 Å². The van der Waals surface area contributed by atoms with Gasteiger partial charge in [0.2, 0.25) is 5.13 Å². The fraction of sp³-hybridized carbons (Fsp3) is 0.0204. The maximum atomic E-state index is 12.8. The molecule has 0 unspecified atom stereocenters. The number of nitrogens with one attached hydrogen (secondary N) is 3. The molecule has 0 fully saturated rings. The maximum absolute atomic E-state index is 12.8. The van der Waals surface area contributed by atoms with Crippen LogP contribution in [-0.2, 0) is 30.4 Å². The molecule has 0 saturated heterocycles. The minimum absolute atomic E-state index is 0. The number of rotatable bonds is 14.